The Morgan fingerprint density at radius 2 is 1.93 bits per heavy atom. The lowest BCUT2D eigenvalue weighted by molar-refractivity contribution is -0.150. The molecule has 0 spiro atoms. The van der Waals surface area contributed by atoms with Crippen LogP contribution in [0, 0.1) is 12.7 Å². The molecule has 1 amide bonds. The normalized spacial score (nSPS) is 13.5. The maximum absolute atomic E-state index is 13.6. The first-order chi connectivity index (χ1) is 13.4. The highest BCUT2D eigenvalue weighted by molar-refractivity contribution is 8.00. The zero-order chi connectivity index (χ0) is 20.1. The molecule has 1 atom stereocenters. The third kappa shape index (κ3) is 5.16. The first-order valence-electron chi connectivity index (χ1n) is 8.71. The van der Waals surface area contributed by atoms with E-state index in [0.717, 1.165) is 4.90 Å². The number of amides is 1. The van der Waals surface area contributed by atoms with Crippen LogP contribution in [0.3, 0.4) is 0 Å². The third-order valence-electron chi connectivity index (χ3n) is 3.99. The summed E-state index contributed by atoms with van der Waals surface area (Å²) in [5.74, 6) is -0.119. The molecule has 3 rings (SSSR count). The van der Waals surface area contributed by atoms with Crippen LogP contribution >= 0.6 is 11.8 Å². The van der Waals surface area contributed by atoms with Crippen molar-refractivity contribution in [3.63, 3.8) is 0 Å². The molecule has 0 saturated heterocycles. The van der Waals surface area contributed by atoms with Crippen molar-refractivity contribution < 1.29 is 28.2 Å². The van der Waals surface area contributed by atoms with Gasteiger partial charge in [0.15, 0.2) is 17.6 Å². The van der Waals surface area contributed by atoms with E-state index >= 15 is 0 Å². The highest BCUT2D eigenvalue weighted by atomic mass is 32.2. The molecule has 1 N–H and O–H groups in total. The molecule has 1 heterocycles. The molecule has 1 aliphatic heterocycles. The van der Waals surface area contributed by atoms with Gasteiger partial charge in [0.1, 0.15) is 19.0 Å². The van der Waals surface area contributed by atoms with Gasteiger partial charge in [-0.3, -0.25) is 9.59 Å². The number of carbonyl (C=O) groups excluding carboxylic acids is 2. The van der Waals surface area contributed by atoms with Crippen LogP contribution in [0.15, 0.2) is 41.3 Å². The van der Waals surface area contributed by atoms with E-state index in [2.05, 4.69) is 5.32 Å². The Morgan fingerprint density at radius 3 is 2.68 bits per heavy atom. The Balaban J connectivity index is 1.48. The lowest BCUT2D eigenvalue weighted by Gasteiger charge is -2.18. The van der Waals surface area contributed by atoms with E-state index in [1.54, 1.807) is 31.2 Å². The molecule has 2 aromatic rings. The van der Waals surface area contributed by atoms with Gasteiger partial charge < -0.3 is 19.5 Å². The van der Waals surface area contributed by atoms with Crippen LogP contribution in [0.1, 0.15) is 12.5 Å². The second-order valence-corrected chi connectivity index (χ2v) is 7.23. The first kappa shape index (κ1) is 20.0. The predicted octanol–water partition coefficient (Wildman–Crippen LogP) is 3.57. The monoisotopic (exact) mass is 405 g/mol. The van der Waals surface area contributed by atoms with Crippen molar-refractivity contribution in [2.24, 2.45) is 0 Å². The predicted molar refractivity (Wildman–Crippen MR) is 103 cm³/mol. The van der Waals surface area contributed by atoms with Crippen molar-refractivity contribution >= 4 is 29.3 Å². The van der Waals surface area contributed by atoms with Gasteiger partial charge in [-0.05, 0) is 49.7 Å². The number of anilines is 1. The van der Waals surface area contributed by atoms with Crippen molar-refractivity contribution in [1.29, 1.82) is 0 Å². The van der Waals surface area contributed by atoms with Crippen molar-refractivity contribution in [1.82, 2.24) is 0 Å². The van der Waals surface area contributed by atoms with Crippen LogP contribution in [-0.4, -0.2) is 36.9 Å². The summed E-state index contributed by atoms with van der Waals surface area (Å²) >= 11 is 1.27. The molecule has 28 heavy (non-hydrogen) atoms. The van der Waals surface area contributed by atoms with Gasteiger partial charge in [-0.15, -0.1) is 11.8 Å². The molecule has 0 bridgehead atoms. The fourth-order valence-corrected chi connectivity index (χ4v) is 3.16. The zero-order valence-electron chi connectivity index (χ0n) is 15.5. The van der Waals surface area contributed by atoms with Gasteiger partial charge in [0.25, 0.3) is 5.91 Å². The second kappa shape index (κ2) is 8.97. The fraction of sp³-hybridized carbons (Fsp3) is 0.300. The molecule has 8 heteroatoms. The van der Waals surface area contributed by atoms with Gasteiger partial charge in [0.2, 0.25) is 0 Å². The van der Waals surface area contributed by atoms with Crippen LogP contribution in [0.5, 0.6) is 11.5 Å². The maximum atomic E-state index is 13.6. The molecule has 0 unspecified atom stereocenters. The Hall–Kier alpha value is -2.74. The number of nitrogens with one attached hydrogen (secondary N) is 1. The van der Waals surface area contributed by atoms with E-state index in [-0.39, 0.29) is 5.75 Å². The van der Waals surface area contributed by atoms with Gasteiger partial charge in [-0.25, -0.2) is 4.39 Å². The van der Waals surface area contributed by atoms with Gasteiger partial charge in [-0.2, -0.15) is 0 Å². The number of hydrogen-bond acceptors (Lipinski definition) is 6. The average molecular weight is 405 g/mol. The highest BCUT2D eigenvalue weighted by Crippen LogP contribution is 2.34. The Bertz CT molecular complexity index is 889. The summed E-state index contributed by atoms with van der Waals surface area (Å²) in [6, 6.07) is 9.79. The summed E-state index contributed by atoms with van der Waals surface area (Å²) in [6.45, 7) is 4.10. The molecule has 0 fully saturated rings. The molecule has 1 aliphatic rings. The van der Waals surface area contributed by atoms with Gasteiger partial charge in [0, 0.05) is 10.6 Å². The minimum atomic E-state index is -1.00. The van der Waals surface area contributed by atoms with E-state index in [1.165, 1.54) is 24.8 Å². The number of ether oxygens (including phenoxy) is 3. The minimum absolute atomic E-state index is 0.0381. The third-order valence-corrected chi connectivity index (χ3v) is 4.95. The topological polar surface area (TPSA) is 73.9 Å². The van der Waals surface area contributed by atoms with E-state index < -0.39 is 23.8 Å². The van der Waals surface area contributed by atoms with Gasteiger partial charge in [0.05, 0.1) is 5.75 Å². The summed E-state index contributed by atoms with van der Waals surface area (Å²) in [4.78, 5) is 25.0. The molecule has 148 valence electrons. The number of fused-ring (bicyclic) bond motifs is 1. The number of thioether (sulfide) groups is 1. The quantitative estimate of drug-likeness (QED) is 0.585. The zero-order valence-corrected chi connectivity index (χ0v) is 16.3. The smallest absolute Gasteiger partial charge is 0.317 e. The van der Waals surface area contributed by atoms with Crippen molar-refractivity contribution in [3.8, 4) is 11.5 Å². The summed E-state index contributed by atoms with van der Waals surface area (Å²) in [7, 11) is 0. The summed E-state index contributed by atoms with van der Waals surface area (Å²) in [6.07, 6.45) is -1.00. The first-order valence-corrected chi connectivity index (χ1v) is 9.70. The van der Waals surface area contributed by atoms with Gasteiger partial charge >= 0.3 is 5.97 Å². The van der Waals surface area contributed by atoms with Crippen LogP contribution < -0.4 is 14.8 Å². The summed E-state index contributed by atoms with van der Waals surface area (Å²) < 4.78 is 29.7. The molecule has 2 aromatic carbocycles. The maximum Gasteiger partial charge on any atom is 0.317 e. The number of hydrogen-bond donors (Lipinski definition) is 1. The molecule has 0 aliphatic carbocycles. The Morgan fingerprint density at radius 1 is 1.18 bits per heavy atom. The van der Waals surface area contributed by atoms with E-state index in [9.17, 15) is 14.0 Å². The van der Waals surface area contributed by atoms with E-state index in [0.29, 0.717) is 36.0 Å². The number of carbonyl (C=O) groups is 2. The molecular weight excluding hydrogens is 385 g/mol. The summed E-state index contributed by atoms with van der Waals surface area (Å²) in [5.41, 5.74) is 0.787. The second-order valence-electron chi connectivity index (χ2n) is 6.18. The van der Waals surface area contributed by atoms with E-state index in [4.69, 9.17) is 14.2 Å². The fourth-order valence-electron chi connectivity index (χ4n) is 2.45. The lowest BCUT2D eigenvalue weighted by Crippen LogP contribution is -2.30. The lowest BCUT2D eigenvalue weighted by atomic mass is 10.2. The van der Waals surface area contributed by atoms with Crippen LogP contribution in [0.4, 0.5) is 10.1 Å². The molecule has 0 saturated carbocycles. The standard InChI is InChI=1S/C20H20FNO5S/c1-12-3-4-14(9-16(12)21)22-20(24)13(2)27-19(23)11-28-15-5-6-17-18(10-15)26-8-7-25-17/h3-6,9-10,13H,7-8,11H2,1-2H3,(H,22,24)/t13-/m0/s1. The molecule has 6 nitrogen and oxygen atoms in total. The number of aryl methyl sites for hydroxylation is 1. The Kier molecular flexibility index (Phi) is 6.41. The molecule has 0 radical (unpaired) electrons. The van der Waals surface area contributed by atoms with Crippen molar-refractivity contribution in [2.45, 2.75) is 24.8 Å². The number of esters is 1. The van der Waals surface area contributed by atoms with Crippen LogP contribution in [0.2, 0.25) is 0 Å². The minimum Gasteiger partial charge on any atom is -0.486 e. The number of benzene rings is 2. The van der Waals surface area contributed by atoms with Crippen molar-refractivity contribution in [2.75, 3.05) is 24.3 Å². The highest BCUT2D eigenvalue weighted by Gasteiger charge is 2.19. The van der Waals surface area contributed by atoms with Gasteiger partial charge in [-0.1, -0.05) is 6.07 Å². The largest absolute Gasteiger partial charge is 0.486 e. The SMILES string of the molecule is Cc1ccc(NC(=O)[C@H](C)OC(=O)CSc2ccc3c(c2)OCCO3)cc1F. The number of rotatable bonds is 6. The average Bonchev–Trinajstić information content (AvgIpc) is 2.69. The van der Waals surface area contributed by atoms with E-state index in [1.807, 2.05) is 6.07 Å². The molecular formula is C20H20FNO5S. The van der Waals surface area contributed by atoms with Crippen molar-refractivity contribution in [3.05, 3.63) is 47.8 Å². The van der Waals surface area contributed by atoms with Crippen LogP contribution in [-0.2, 0) is 14.3 Å². The summed E-state index contributed by atoms with van der Waals surface area (Å²) in [5, 5.41) is 2.53. The Labute approximate surface area is 166 Å². The number of halogens is 1. The van der Waals surface area contributed by atoms with Crippen LogP contribution in [0.25, 0.3) is 0 Å². The molecule has 0 aromatic heterocycles.